The summed E-state index contributed by atoms with van der Waals surface area (Å²) in [5.41, 5.74) is 6.89. The molecule has 0 aliphatic heterocycles. The number of rotatable bonds is 4. The number of aromatic nitrogens is 2. The predicted octanol–water partition coefficient (Wildman–Crippen LogP) is 0.947. The quantitative estimate of drug-likeness (QED) is 0.752. The SMILES string of the molecule is NCCNc1cnc(=O)[nH]c1-c1ccc(F)cc1. The number of nitrogens with one attached hydrogen (secondary N) is 2. The van der Waals surface area contributed by atoms with E-state index in [1.165, 1.54) is 18.3 Å². The third kappa shape index (κ3) is 2.72. The Hall–Kier alpha value is -2.21. The van der Waals surface area contributed by atoms with Crippen molar-refractivity contribution in [1.29, 1.82) is 0 Å². The lowest BCUT2D eigenvalue weighted by Crippen LogP contribution is -2.17. The second kappa shape index (κ2) is 5.42. The smallest absolute Gasteiger partial charge is 0.345 e. The second-order valence-corrected chi connectivity index (χ2v) is 3.70. The largest absolute Gasteiger partial charge is 0.381 e. The van der Waals surface area contributed by atoms with Crippen LogP contribution in [0.4, 0.5) is 10.1 Å². The normalized spacial score (nSPS) is 10.3. The lowest BCUT2D eigenvalue weighted by Gasteiger charge is -2.10. The summed E-state index contributed by atoms with van der Waals surface area (Å²) in [6.45, 7) is 1.02. The van der Waals surface area contributed by atoms with E-state index in [0.717, 1.165) is 0 Å². The van der Waals surface area contributed by atoms with Crippen LogP contribution < -0.4 is 16.7 Å². The molecule has 18 heavy (non-hydrogen) atoms. The van der Waals surface area contributed by atoms with Gasteiger partial charge in [0.25, 0.3) is 0 Å². The summed E-state index contributed by atoms with van der Waals surface area (Å²) < 4.78 is 12.9. The van der Waals surface area contributed by atoms with Crippen molar-refractivity contribution in [1.82, 2.24) is 9.97 Å². The Labute approximate surface area is 103 Å². The number of halogens is 1. The number of nitrogens with zero attached hydrogens (tertiary/aromatic N) is 1. The fourth-order valence-electron chi connectivity index (χ4n) is 1.58. The molecule has 6 heteroatoms. The number of nitrogens with two attached hydrogens (primary N) is 1. The van der Waals surface area contributed by atoms with Gasteiger partial charge >= 0.3 is 5.69 Å². The molecule has 2 rings (SSSR count). The number of H-pyrrole nitrogens is 1. The van der Waals surface area contributed by atoms with Gasteiger partial charge in [-0.1, -0.05) is 0 Å². The zero-order valence-electron chi connectivity index (χ0n) is 9.61. The average molecular weight is 248 g/mol. The second-order valence-electron chi connectivity index (χ2n) is 3.70. The molecular formula is C12H13FN4O. The molecule has 0 amide bonds. The van der Waals surface area contributed by atoms with E-state index in [1.807, 2.05) is 0 Å². The molecule has 5 nitrogen and oxygen atoms in total. The first-order valence-corrected chi connectivity index (χ1v) is 5.50. The highest BCUT2D eigenvalue weighted by atomic mass is 19.1. The van der Waals surface area contributed by atoms with Crippen molar-refractivity contribution in [3.05, 3.63) is 46.8 Å². The lowest BCUT2D eigenvalue weighted by molar-refractivity contribution is 0.628. The van der Waals surface area contributed by atoms with Gasteiger partial charge in [0.15, 0.2) is 0 Å². The van der Waals surface area contributed by atoms with E-state index in [1.54, 1.807) is 12.1 Å². The molecule has 0 aliphatic rings. The number of hydrogen-bond acceptors (Lipinski definition) is 4. The molecule has 0 spiro atoms. The molecule has 0 bridgehead atoms. The van der Waals surface area contributed by atoms with Gasteiger partial charge in [0.05, 0.1) is 17.6 Å². The summed E-state index contributed by atoms with van der Waals surface area (Å²) in [6.07, 6.45) is 1.44. The van der Waals surface area contributed by atoms with Crippen LogP contribution in [0, 0.1) is 5.82 Å². The van der Waals surface area contributed by atoms with Crippen LogP contribution in [-0.4, -0.2) is 23.1 Å². The highest BCUT2D eigenvalue weighted by Crippen LogP contribution is 2.23. The Balaban J connectivity index is 2.43. The summed E-state index contributed by atoms with van der Waals surface area (Å²) >= 11 is 0. The van der Waals surface area contributed by atoms with Gasteiger partial charge in [0.1, 0.15) is 5.82 Å². The molecule has 2 aromatic rings. The maximum atomic E-state index is 12.9. The average Bonchev–Trinajstić information content (AvgIpc) is 2.38. The molecule has 0 saturated carbocycles. The van der Waals surface area contributed by atoms with Crippen molar-refractivity contribution in [3.63, 3.8) is 0 Å². The van der Waals surface area contributed by atoms with Gasteiger partial charge in [0, 0.05) is 18.7 Å². The zero-order valence-corrected chi connectivity index (χ0v) is 9.61. The molecule has 1 aromatic heterocycles. The van der Waals surface area contributed by atoms with Crippen LogP contribution in [-0.2, 0) is 0 Å². The minimum atomic E-state index is -0.451. The maximum Gasteiger partial charge on any atom is 0.345 e. The predicted molar refractivity (Wildman–Crippen MR) is 67.8 cm³/mol. The minimum absolute atomic E-state index is 0.327. The van der Waals surface area contributed by atoms with E-state index in [-0.39, 0.29) is 5.82 Å². The van der Waals surface area contributed by atoms with Crippen LogP contribution in [0.5, 0.6) is 0 Å². The van der Waals surface area contributed by atoms with Crippen molar-refractivity contribution in [3.8, 4) is 11.3 Å². The van der Waals surface area contributed by atoms with Gasteiger partial charge in [-0.05, 0) is 24.3 Å². The van der Waals surface area contributed by atoms with Gasteiger partial charge in [-0.15, -0.1) is 0 Å². The number of benzene rings is 1. The Kier molecular flexibility index (Phi) is 3.69. The molecule has 4 N–H and O–H groups in total. The van der Waals surface area contributed by atoms with Crippen LogP contribution >= 0.6 is 0 Å². The molecule has 0 aliphatic carbocycles. The molecule has 0 unspecified atom stereocenters. The van der Waals surface area contributed by atoms with E-state index in [2.05, 4.69) is 15.3 Å². The third-order valence-corrected chi connectivity index (χ3v) is 2.40. The van der Waals surface area contributed by atoms with E-state index >= 15 is 0 Å². The molecule has 0 saturated heterocycles. The Bertz CT molecular complexity index is 579. The minimum Gasteiger partial charge on any atom is -0.381 e. The van der Waals surface area contributed by atoms with Gasteiger partial charge in [0.2, 0.25) is 0 Å². The van der Waals surface area contributed by atoms with Crippen LogP contribution in [0.3, 0.4) is 0 Å². The zero-order chi connectivity index (χ0) is 13.0. The standard InChI is InChI=1S/C12H13FN4O/c13-9-3-1-8(2-4-9)11-10(15-6-5-14)7-16-12(18)17-11/h1-4,7,15H,5-6,14H2,(H,16,17,18). The monoisotopic (exact) mass is 248 g/mol. The van der Waals surface area contributed by atoms with Crippen LogP contribution in [0.15, 0.2) is 35.3 Å². The van der Waals surface area contributed by atoms with Crippen LogP contribution in [0.25, 0.3) is 11.3 Å². The van der Waals surface area contributed by atoms with Gasteiger partial charge < -0.3 is 16.0 Å². The van der Waals surface area contributed by atoms with Crippen LogP contribution in [0.2, 0.25) is 0 Å². The molecule has 1 aromatic carbocycles. The molecular weight excluding hydrogens is 235 g/mol. The number of hydrogen-bond donors (Lipinski definition) is 3. The summed E-state index contributed by atoms with van der Waals surface area (Å²) in [6, 6.07) is 5.85. The molecule has 0 fully saturated rings. The van der Waals surface area contributed by atoms with Gasteiger partial charge in [-0.2, -0.15) is 4.98 Å². The van der Waals surface area contributed by atoms with E-state index in [0.29, 0.717) is 30.0 Å². The number of aromatic amines is 1. The Morgan fingerprint density at radius 2 is 2.06 bits per heavy atom. The third-order valence-electron chi connectivity index (χ3n) is 2.40. The van der Waals surface area contributed by atoms with Crippen molar-refractivity contribution in [2.45, 2.75) is 0 Å². The van der Waals surface area contributed by atoms with E-state index < -0.39 is 5.69 Å². The maximum absolute atomic E-state index is 12.9. The summed E-state index contributed by atoms with van der Waals surface area (Å²) in [5, 5.41) is 3.05. The Morgan fingerprint density at radius 3 is 2.72 bits per heavy atom. The highest BCUT2D eigenvalue weighted by molar-refractivity contribution is 5.73. The molecule has 0 atom stereocenters. The molecule has 0 radical (unpaired) electrons. The number of anilines is 1. The van der Waals surface area contributed by atoms with E-state index in [9.17, 15) is 9.18 Å². The van der Waals surface area contributed by atoms with Crippen molar-refractivity contribution in [2.24, 2.45) is 5.73 Å². The van der Waals surface area contributed by atoms with E-state index in [4.69, 9.17) is 5.73 Å². The lowest BCUT2D eigenvalue weighted by atomic mass is 10.1. The summed E-state index contributed by atoms with van der Waals surface area (Å²) in [7, 11) is 0. The van der Waals surface area contributed by atoms with Gasteiger partial charge in [-0.25, -0.2) is 9.18 Å². The first-order chi connectivity index (χ1) is 8.70. The fourth-order valence-corrected chi connectivity index (χ4v) is 1.58. The fraction of sp³-hybridized carbons (Fsp3) is 0.167. The molecule has 94 valence electrons. The first kappa shape index (κ1) is 12.3. The summed E-state index contributed by atoms with van der Waals surface area (Å²) in [4.78, 5) is 17.5. The Morgan fingerprint density at radius 1 is 1.33 bits per heavy atom. The van der Waals surface area contributed by atoms with Crippen molar-refractivity contribution in [2.75, 3.05) is 18.4 Å². The van der Waals surface area contributed by atoms with Crippen molar-refractivity contribution < 1.29 is 4.39 Å². The van der Waals surface area contributed by atoms with Gasteiger partial charge in [-0.3, -0.25) is 0 Å². The van der Waals surface area contributed by atoms with Crippen LogP contribution in [0.1, 0.15) is 0 Å². The summed E-state index contributed by atoms with van der Waals surface area (Å²) in [5.74, 6) is -0.327. The molecule has 1 heterocycles. The highest BCUT2D eigenvalue weighted by Gasteiger charge is 2.06. The first-order valence-electron chi connectivity index (χ1n) is 5.50. The van der Waals surface area contributed by atoms with Crippen molar-refractivity contribution >= 4 is 5.69 Å². The topological polar surface area (TPSA) is 83.8 Å².